The molecule has 0 aliphatic carbocycles. The fourth-order valence-corrected chi connectivity index (χ4v) is 4.18. The standard InChI is InChI=1S/C18H20FN3O3S/c1-21-9-11-22(12-10-21)26(24,25)17-4-2-3-14(13-17)18(23)20-16-7-5-15(19)6-8-16/h2-8,13H,9-12H2,1H3,(H,20,23). The first-order chi connectivity index (χ1) is 12.4. The second-order valence-corrected chi connectivity index (χ2v) is 8.13. The molecule has 0 spiro atoms. The summed E-state index contributed by atoms with van der Waals surface area (Å²) in [6.07, 6.45) is 0. The maximum absolute atomic E-state index is 12.9. The maximum Gasteiger partial charge on any atom is 0.255 e. The lowest BCUT2D eigenvalue weighted by Crippen LogP contribution is -2.47. The van der Waals surface area contributed by atoms with Crippen LogP contribution in [0.3, 0.4) is 0 Å². The fraction of sp³-hybridized carbons (Fsp3) is 0.278. The molecule has 1 amide bonds. The number of amides is 1. The van der Waals surface area contributed by atoms with Crippen LogP contribution in [0.4, 0.5) is 10.1 Å². The predicted octanol–water partition coefficient (Wildman–Crippen LogP) is 2.01. The molecule has 1 aliphatic heterocycles. The first-order valence-corrected chi connectivity index (χ1v) is 9.66. The van der Waals surface area contributed by atoms with E-state index in [9.17, 15) is 17.6 Å². The van der Waals surface area contributed by atoms with E-state index < -0.39 is 21.7 Å². The summed E-state index contributed by atoms with van der Waals surface area (Å²) in [5.41, 5.74) is 0.660. The second kappa shape index (κ2) is 7.53. The number of nitrogens with one attached hydrogen (secondary N) is 1. The van der Waals surface area contributed by atoms with E-state index in [2.05, 4.69) is 10.2 Å². The van der Waals surface area contributed by atoms with Gasteiger partial charge in [-0.3, -0.25) is 4.79 Å². The number of nitrogens with zero attached hydrogens (tertiary/aromatic N) is 2. The van der Waals surface area contributed by atoms with Crippen molar-refractivity contribution in [1.29, 1.82) is 0 Å². The smallest absolute Gasteiger partial charge is 0.255 e. The summed E-state index contributed by atoms with van der Waals surface area (Å²) in [5, 5.41) is 2.63. The third kappa shape index (κ3) is 4.09. The van der Waals surface area contributed by atoms with Crippen LogP contribution in [0.5, 0.6) is 0 Å². The topological polar surface area (TPSA) is 69.7 Å². The van der Waals surface area contributed by atoms with Crippen LogP contribution in [-0.4, -0.2) is 56.8 Å². The van der Waals surface area contributed by atoms with Gasteiger partial charge in [-0.05, 0) is 49.5 Å². The Morgan fingerprint density at radius 3 is 2.35 bits per heavy atom. The highest BCUT2D eigenvalue weighted by Crippen LogP contribution is 2.19. The van der Waals surface area contributed by atoms with E-state index >= 15 is 0 Å². The molecule has 0 bridgehead atoms. The second-order valence-electron chi connectivity index (χ2n) is 6.20. The Kier molecular flexibility index (Phi) is 5.36. The summed E-state index contributed by atoms with van der Waals surface area (Å²) in [6.45, 7) is 2.18. The Labute approximate surface area is 152 Å². The van der Waals surface area contributed by atoms with E-state index in [0.29, 0.717) is 31.9 Å². The SMILES string of the molecule is CN1CCN(S(=O)(=O)c2cccc(C(=O)Nc3ccc(F)cc3)c2)CC1. The quantitative estimate of drug-likeness (QED) is 0.885. The van der Waals surface area contributed by atoms with Crippen LogP contribution in [0, 0.1) is 5.82 Å². The minimum Gasteiger partial charge on any atom is -0.322 e. The molecular formula is C18H20FN3O3S. The summed E-state index contributed by atoms with van der Waals surface area (Å²) in [5.74, 6) is -0.852. The number of carbonyl (C=O) groups is 1. The van der Waals surface area contributed by atoms with Crippen molar-refractivity contribution in [2.45, 2.75) is 4.90 Å². The number of sulfonamides is 1. The molecule has 0 aromatic heterocycles. The van der Waals surface area contributed by atoms with Gasteiger partial charge in [-0.1, -0.05) is 6.07 Å². The van der Waals surface area contributed by atoms with Gasteiger partial charge in [-0.25, -0.2) is 12.8 Å². The Hall–Kier alpha value is -2.29. The molecule has 1 N–H and O–H groups in total. The largest absolute Gasteiger partial charge is 0.322 e. The monoisotopic (exact) mass is 377 g/mol. The molecule has 1 aliphatic rings. The minimum atomic E-state index is -3.64. The molecule has 1 fully saturated rings. The van der Waals surface area contributed by atoms with E-state index in [1.54, 1.807) is 12.1 Å². The lowest BCUT2D eigenvalue weighted by Gasteiger charge is -2.31. The lowest BCUT2D eigenvalue weighted by atomic mass is 10.2. The van der Waals surface area contributed by atoms with Gasteiger partial charge in [-0.2, -0.15) is 4.31 Å². The van der Waals surface area contributed by atoms with Crippen LogP contribution in [-0.2, 0) is 10.0 Å². The fourth-order valence-electron chi connectivity index (χ4n) is 2.71. The maximum atomic E-state index is 12.9. The Balaban J connectivity index is 1.79. The molecule has 2 aromatic rings. The van der Waals surface area contributed by atoms with Crippen molar-refractivity contribution in [1.82, 2.24) is 9.21 Å². The van der Waals surface area contributed by atoms with Crippen molar-refractivity contribution in [2.75, 3.05) is 38.5 Å². The van der Waals surface area contributed by atoms with Crippen molar-refractivity contribution in [3.8, 4) is 0 Å². The van der Waals surface area contributed by atoms with Gasteiger partial charge < -0.3 is 10.2 Å². The van der Waals surface area contributed by atoms with Crippen LogP contribution in [0.25, 0.3) is 0 Å². The van der Waals surface area contributed by atoms with Crippen molar-refractivity contribution in [3.05, 3.63) is 59.9 Å². The van der Waals surface area contributed by atoms with E-state index in [1.807, 2.05) is 7.05 Å². The van der Waals surface area contributed by atoms with Gasteiger partial charge in [0.2, 0.25) is 10.0 Å². The average molecular weight is 377 g/mol. The Bertz CT molecular complexity index is 892. The summed E-state index contributed by atoms with van der Waals surface area (Å²) in [4.78, 5) is 14.5. The van der Waals surface area contributed by atoms with Gasteiger partial charge in [0.25, 0.3) is 5.91 Å². The molecule has 6 nitrogen and oxygen atoms in total. The van der Waals surface area contributed by atoms with Crippen molar-refractivity contribution >= 4 is 21.6 Å². The highest BCUT2D eigenvalue weighted by Gasteiger charge is 2.27. The van der Waals surface area contributed by atoms with Crippen LogP contribution in [0.1, 0.15) is 10.4 Å². The molecule has 138 valence electrons. The molecule has 0 unspecified atom stereocenters. The van der Waals surface area contributed by atoms with Crippen LogP contribution >= 0.6 is 0 Å². The molecule has 1 saturated heterocycles. The zero-order valence-corrected chi connectivity index (χ0v) is 15.2. The van der Waals surface area contributed by atoms with E-state index in [4.69, 9.17) is 0 Å². The normalized spacial score (nSPS) is 16.4. The van der Waals surface area contributed by atoms with E-state index in [-0.39, 0.29) is 10.5 Å². The van der Waals surface area contributed by atoms with Gasteiger partial charge in [0.1, 0.15) is 5.82 Å². The first-order valence-electron chi connectivity index (χ1n) is 8.22. The third-order valence-electron chi connectivity index (χ3n) is 4.30. The van der Waals surface area contributed by atoms with Crippen molar-refractivity contribution in [2.24, 2.45) is 0 Å². The summed E-state index contributed by atoms with van der Waals surface area (Å²) >= 11 is 0. The zero-order valence-electron chi connectivity index (χ0n) is 14.4. The van der Waals surface area contributed by atoms with E-state index in [1.165, 1.54) is 40.7 Å². The molecule has 8 heteroatoms. The van der Waals surface area contributed by atoms with Gasteiger partial charge >= 0.3 is 0 Å². The molecular weight excluding hydrogens is 357 g/mol. The van der Waals surface area contributed by atoms with Gasteiger partial charge in [-0.15, -0.1) is 0 Å². The molecule has 0 saturated carbocycles. The number of halogens is 1. The number of benzene rings is 2. The predicted molar refractivity (Wildman–Crippen MR) is 97.1 cm³/mol. The molecule has 2 aromatic carbocycles. The van der Waals surface area contributed by atoms with Crippen molar-refractivity contribution < 1.29 is 17.6 Å². The van der Waals surface area contributed by atoms with Gasteiger partial charge in [0.05, 0.1) is 4.90 Å². The summed E-state index contributed by atoms with van der Waals surface area (Å²) in [7, 11) is -1.69. The highest BCUT2D eigenvalue weighted by molar-refractivity contribution is 7.89. The van der Waals surface area contributed by atoms with Crippen LogP contribution in [0.15, 0.2) is 53.4 Å². The molecule has 3 rings (SSSR count). The molecule has 26 heavy (non-hydrogen) atoms. The molecule has 0 atom stereocenters. The Morgan fingerprint density at radius 2 is 1.69 bits per heavy atom. The Morgan fingerprint density at radius 1 is 1.04 bits per heavy atom. The number of anilines is 1. The number of likely N-dealkylation sites (N-methyl/N-ethyl adjacent to an activating group) is 1. The number of hydrogen-bond acceptors (Lipinski definition) is 4. The minimum absolute atomic E-state index is 0.0915. The van der Waals surface area contributed by atoms with E-state index in [0.717, 1.165) is 0 Å². The summed E-state index contributed by atoms with van der Waals surface area (Å²) < 4.78 is 40.0. The van der Waals surface area contributed by atoms with Gasteiger partial charge in [0, 0.05) is 37.4 Å². The van der Waals surface area contributed by atoms with Gasteiger partial charge in [0.15, 0.2) is 0 Å². The number of piperazine rings is 1. The number of rotatable bonds is 4. The third-order valence-corrected chi connectivity index (χ3v) is 6.19. The summed E-state index contributed by atoms with van der Waals surface area (Å²) in [6, 6.07) is 11.3. The first kappa shape index (κ1) is 18.5. The van der Waals surface area contributed by atoms with Crippen LogP contribution in [0.2, 0.25) is 0 Å². The molecule has 1 heterocycles. The zero-order chi connectivity index (χ0) is 18.7. The van der Waals surface area contributed by atoms with Crippen LogP contribution < -0.4 is 5.32 Å². The molecule has 0 radical (unpaired) electrons. The lowest BCUT2D eigenvalue weighted by molar-refractivity contribution is 0.102. The number of carbonyl (C=O) groups excluding carboxylic acids is 1. The number of hydrogen-bond donors (Lipinski definition) is 1. The average Bonchev–Trinajstić information content (AvgIpc) is 2.64. The highest BCUT2D eigenvalue weighted by atomic mass is 32.2. The van der Waals surface area contributed by atoms with Crippen molar-refractivity contribution in [3.63, 3.8) is 0 Å².